The summed E-state index contributed by atoms with van der Waals surface area (Å²) in [6.45, 7) is 5.11. The van der Waals surface area contributed by atoms with E-state index in [9.17, 15) is 28.0 Å². The second-order valence-electron chi connectivity index (χ2n) is 8.42. The molecule has 0 radical (unpaired) electrons. The average molecular weight is 573 g/mol. The Balaban J connectivity index is 1.80. The number of nitrogens with one attached hydrogen (secondary N) is 2. The molecule has 0 aliphatic heterocycles. The molecule has 1 unspecified atom stereocenters. The minimum Gasteiger partial charge on any atom is -0.352 e. The number of hydrogen-bond acceptors (Lipinski definition) is 8. The lowest BCUT2D eigenvalue weighted by atomic mass is 10.0. The lowest BCUT2D eigenvalue weighted by molar-refractivity contribution is -0.145. The van der Waals surface area contributed by atoms with Gasteiger partial charge in [-0.05, 0) is 61.9 Å². The van der Waals surface area contributed by atoms with Crippen LogP contribution in [-0.4, -0.2) is 53.3 Å². The van der Waals surface area contributed by atoms with Gasteiger partial charge < -0.3 is 10.6 Å². The molecule has 3 heterocycles. The number of aromatic nitrogens is 7. The smallest absolute Gasteiger partial charge is 0.352 e. The topological polar surface area (TPSA) is 156 Å². The molecular weight excluding hydrogens is 553 g/mol. The number of alkyl halides is 3. The van der Waals surface area contributed by atoms with Crippen LogP contribution in [0.5, 0.6) is 0 Å². The summed E-state index contributed by atoms with van der Waals surface area (Å²) in [5.74, 6) is -2.62. The molecule has 0 bridgehead atoms. The van der Waals surface area contributed by atoms with Crippen LogP contribution in [0, 0.1) is 18.3 Å². The third-order valence-electron chi connectivity index (χ3n) is 5.64. The van der Waals surface area contributed by atoms with E-state index in [2.05, 4.69) is 36.1 Å². The predicted octanol–water partition coefficient (Wildman–Crippen LogP) is 3.72. The Kier molecular flexibility index (Phi) is 7.82. The molecule has 0 saturated heterocycles. The molecule has 12 nitrogen and oxygen atoms in total. The van der Waals surface area contributed by atoms with Gasteiger partial charge in [-0.15, -0.1) is 10.2 Å². The standard InChI is InChI=1S/C24H20ClF3N10O2/c1-4-30-21(39)15-9-14(11-29)8-12(2)19(15)32-22(40)18-10-17(34-37(18)20-16(25)6-5-7-31-20)13(3)38-35-23(33-36-38)24(26,27)28/h5-10,13H,4H2,1-3H3,(H,30,39)(H,32,40). The molecule has 0 fully saturated rings. The molecule has 0 spiro atoms. The van der Waals surface area contributed by atoms with Crippen molar-refractivity contribution in [3.63, 3.8) is 0 Å². The van der Waals surface area contributed by atoms with Crippen molar-refractivity contribution in [2.24, 2.45) is 0 Å². The highest BCUT2D eigenvalue weighted by Crippen LogP contribution is 2.28. The van der Waals surface area contributed by atoms with E-state index in [-0.39, 0.29) is 39.0 Å². The average Bonchev–Trinajstić information content (AvgIpc) is 3.58. The second kappa shape index (κ2) is 11.1. The molecule has 4 rings (SSSR count). The Hall–Kier alpha value is -4.84. The van der Waals surface area contributed by atoms with Crippen LogP contribution in [0.1, 0.15) is 63.4 Å². The third-order valence-corrected chi connectivity index (χ3v) is 5.94. The van der Waals surface area contributed by atoms with E-state index in [1.165, 1.54) is 37.4 Å². The highest BCUT2D eigenvalue weighted by Gasteiger charge is 2.37. The molecule has 1 aromatic carbocycles. The summed E-state index contributed by atoms with van der Waals surface area (Å²) in [6.07, 6.45) is -3.38. The Morgan fingerprint density at radius 3 is 2.58 bits per heavy atom. The molecule has 0 aliphatic carbocycles. The summed E-state index contributed by atoms with van der Waals surface area (Å²) < 4.78 is 40.2. The summed E-state index contributed by atoms with van der Waals surface area (Å²) in [6, 6.07) is 8.24. The molecule has 2 amide bonds. The summed E-state index contributed by atoms with van der Waals surface area (Å²) in [4.78, 5) is 31.3. The number of carbonyl (C=O) groups excluding carboxylic acids is 2. The molecule has 16 heteroatoms. The fourth-order valence-electron chi connectivity index (χ4n) is 3.71. The van der Waals surface area contributed by atoms with Gasteiger partial charge in [0.15, 0.2) is 5.82 Å². The van der Waals surface area contributed by atoms with Gasteiger partial charge in [0.2, 0.25) is 0 Å². The monoisotopic (exact) mass is 572 g/mol. The van der Waals surface area contributed by atoms with Crippen molar-refractivity contribution in [1.29, 1.82) is 5.26 Å². The number of pyridine rings is 1. The van der Waals surface area contributed by atoms with E-state index < -0.39 is 29.9 Å². The van der Waals surface area contributed by atoms with Gasteiger partial charge in [-0.1, -0.05) is 11.6 Å². The van der Waals surface area contributed by atoms with Crippen LogP contribution < -0.4 is 10.6 Å². The molecule has 0 aliphatic rings. The SMILES string of the molecule is CCNC(=O)c1cc(C#N)cc(C)c1NC(=O)c1cc(C(C)n2nnc(C(F)(F)F)n2)nn1-c1ncccc1Cl. The van der Waals surface area contributed by atoms with Crippen LogP contribution in [0.3, 0.4) is 0 Å². The van der Waals surface area contributed by atoms with Crippen LogP contribution in [0.15, 0.2) is 36.5 Å². The fraction of sp³-hybridized carbons (Fsp3) is 0.250. The van der Waals surface area contributed by atoms with Crippen LogP contribution in [0.2, 0.25) is 5.02 Å². The first-order valence-electron chi connectivity index (χ1n) is 11.7. The van der Waals surface area contributed by atoms with Gasteiger partial charge in [-0.3, -0.25) is 9.59 Å². The largest absolute Gasteiger partial charge is 0.455 e. The summed E-state index contributed by atoms with van der Waals surface area (Å²) in [7, 11) is 0. The maximum absolute atomic E-state index is 13.6. The van der Waals surface area contributed by atoms with Crippen molar-refractivity contribution in [1.82, 2.24) is 40.3 Å². The Morgan fingerprint density at radius 2 is 1.95 bits per heavy atom. The molecule has 40 heavy (non-hydrogen) atoms. The van der Waals surface area contributed by atoms with Gasteiger partial charge in [0.1, 0.15) is 11.7 Å². The van der Waals surface area contributed by atoms with Crippen LogP contribution in [0.25, 0.3) is 5.82 Å². The van der Waals surface area contributed by atoms with Gasteiger partial charge in [-0.2, -0.15) is 28.3 Å². The van der Waals surface area contributed by atoms with E-state index in [0.717, 1.165) is 9.48 Å². The number of halogens is 4. The first-order chi connectivity index (χ1) is 18.9. The number of anilines is 1. The number of rotatable bonds is 7. The predicted molar refractivity (Wildman–Crippen MR) is 135 cm³/mol. The van der Waals surface area contributed by atoms with Crippen molar-refractivity contribution in [2.45, 2.75) is 33.0 Å². The number of benzene rings is 1. The normalized spacial score (nSPS) is 12.1. The zero-order chi connectivity index (χ0) is 29.2. The fourth-order valence-corrected chi connectivity index (χ4v) is 3.91. The number of aryl methyl sites for hydroxylation is 1. The lowest BCUT2D eigenvalue weighted by Gasteiger charge is -2.15. The molecule has 1 atom stereocenters. The molecule has 206 valence electrons. The number of nitrogens with zero attached hydrogens (tertiary/aromatic N) is 8. The van der Waals surface area contributed by atoms with Crippen molar-refractivity contribution in [2.75, 3.05) is 11.9 Å². The molecule has 0 saturated carbocycles. The molecular formula is C24H20ClF3N10O2. The van der Waals surface area contributed by atoms with Crippen molar-refractivity contribution >= 4 is 29.1 Å². The van der Waals surface area contributed by atoms with Gasteiger partial charge in [0.25, 0.3) is 17.6 Å². The number of hydrogen-bond donors (Lipinski definition) is 2. The highest BCUT2D eigenvalue weighted by molar-refractivity contribution is 6.32. The summed E-state index contributed by atoms with van der Waals surface area (Å²) in [5.41, 5.74) is 0.862. The van der Waals surface area contributed by atoms with Crippen molar-refractivity contribution in [3.8, 4) is 11.9 Å². The first-order valence-corrected chi connectivity index (χ1v) is 12.0. The highest BCUT2D eigenvalue weighted by atomic mass is 35.5. The van der Waals surface area contributed by atoms with E-state index in [1.807, 2.05) is 6.07 Å². The zero-order valence-corrected chi connectivity index (χ0v) is 21.9. The number of amides is 2. The van der Waals surface area contributed by atoms with Crippen LogP contribution in [-0.2, 0) is 6.18 Å². The summed E-state index contributed by atoms with van der Waals surface area (Å²) >= 11 is 6.31. The number of carbonyl (C=O) groups is 2. The molecule has 4 aromatic rings. The van der Waals surface area contributed by atoms with Crippen LogP contribution >= 0.6 is 11.6 Å². The maximum Gasteiger partial charge on any atom is 0.455 e. The summed E-state index contributed by atoms with van der Waals surface area (Å²) in [5, 5.41) is 29.1. The van der Waals surface area contributed by atoms with Gasteiger partial charge in [-0.25, -0.2) is 9.67 Å². The quantitative estimate of drug-likeness (QED) is 0.339. The van der Waals surface area contributed by atoms with E-state index in [0.29, 0.717) is 12.1 Å². The van der Waals surface area contributed by atoms with E-state index >= 15 is 0 Å². The molecule has 3 aromatic heterocycles. The number of nitriles is 1. The van der Waals surface area contributed by atoms with Crippen LogP contribution in [0.4, 0.5) is 18.9 Å². The first kappa shape index (κ1) is 28.2. The van der Waals surface area contributed by atoms with E-state index in [1.54, 1.807) is 19.9 Å². The minimum absolute atomic E-state index is 0.0637. The third kappa shape index (κ3) is 5.61. The van der Waals surface area contributed by atoms with Gasteiger partial charge in [0, 0.05) is 12.7 Å². The maximum atomic E-state index is 13.6. The Labute approximate surface area is 229 Å². The number of tetrazole rings is 1. The van der Waals surface area contributed by atoms with Crippen molar-refractivity contribution in [3.05, 3.63) is 75.5 Å². The van der Waals surface area contributed by atoms with Gasteiger partial charge in [0.05, 0.1) is 33.6 Å². The van der Waals surface area contributed by atoms with Crippen molar-refractivity contribution < 1.29 is 22.8 Å². The molecule has 2 N–H and O–H groups in total. The van der Waals surface area contributed by atoms with Gasteiger partial charge >= 0.3 is 6.18 Å². The zero-order valence-electron chi connectivity index (χ0n) is 21.2. The second-order valence-corrected chi connectivity index (χ2v) is 8.83. The Bertz CT molecular complexity index is 1640. The Morgan fingerprint density at radius 1 is 1.20 bits per heavy atom. The lowest BCUT2D eigenvalue weighted by Crippen LogP contribution is -2.26. The van der Waals surface area contributed by atoms with E-state index in [4.69, 9.17) is 11.6 Å². The minimum atomic E-state index is -4.80.